The van der Waals surface area contributed by atoms with E-state index in [-0.39, 0.29) is 5.96 Å². The summed E-state index contributed by atoms with van der Waals surface area (Å²) in [6.07, 6.45) is 0.979. The van der Waals surface area contributed by atoms with Crippen LogP contribution < -0.4 is 16.2 Å². The maximum Gasteiger partial charge on any atom is 0.185 e. The van der Waals surface area contributed by atoms with Crippen molar-refractivity contribution in [3.63, 3.8) is 0 Å². The van der Waals surface area contributed by atoms with Crippen LogP contribution in [0.25, 0.3) is 0 Å². The molecule has 1 aromatic rings. The second-order valence-electron chi connectivity index (χ2n) is 3.75. The van der Waals surface area contributed by atoms with E-state index in [1.165, 1.54) is 5.56 Å². The van der Waals surface area contributed by atoms with Crippen LogP contribution in [0.5, 0.6) is 5.75 Å². The van der Waals surface area contributed by atoms with Crippen LogP contribution in [0.4, 0.5) is 0 Å². The summed E-state index contributed by atoms with van der Waals surface area (Å²) in [6, 6.07) is 8.07. The molecule has 0 bridgehead atoms. The molecule has 1 atom stereocenters. The minimum absolute atomic E-state index is 0.147. The van der Waals surface area contributed by atoms with E-state index in [0.29, 0.717) is 19.1 Å². The quantitative estimate of drug-likeness (QED) is 0.545. The molecule has 1 aliphatic rings. The average molecular weight is 205 g/mol. The minimum Gasteiger partial charge on any atom is -0.493 e. The van der Waals surface area contributed by atoms with Gasteiger partial charge in [-0.15, -0.1) is 0 Å². The zero-order valence-electron chi connectivity index (χ0n) is 8.52. The Hall–Kier alpha value is -1.71. The van der Waals surface area contributed by atoms with Crippen molar-refractivity contribution >= 4 is 5.96 Å². The van der Waals surface area contributed by atoms with Gasteiger partial charge in [0.2, 0.25) is 0 Å². The highest BCUT2D eigenvalue weighted by atomic mass is 16.5. The number of ether oxygens (including phenoxy) is 1. The van der Waals surface area contributed by atoms with Gasteiger partial charge < -0.3 is 16.2 Å². The van der Waals surface area contributed by atoms with Crippen molar-refractivity contribution in [2.45, 2.75) is 6.42 Å². The number of fused-ring (bicyclic) bond motifs is 1. The van der Waals surface area contributed by atoms with Crippen molar-refractivity contribution in [1.82, 2.24) is 0 Å². The van der Waals surface area contributed by atoms with Gasteiger partial charge >= 0.3 is 0 Å². The van der Waals surface area contributed by atoms with E-state index >= 15 is 0 Å². The highest BCUT2D eigenvalue weighted by Crippen LogP contribution is 2.26. The lowest BCUT2D eigenvalue weighted by Crippen LogP contribution is -2.27. The van der Waals surface area contributed by atoms with Gasteiger partial charge in [0.05, 0.1) is 6.61 Å². The topological polar surface area (TPSA) is 73.6 Å². The van der Waals surface area contributed by atoms with Crippen molar-refractivity contribution in [3.8, 4) is 5.75 Å². The molecule has 1 aromatic carbocycles. The summed E-state index contributed by atoms with van der Waals surface area (Å²) in [5.41, 5.74) is 11.8. The minimum atomic E-state index is 0.147. The smallest absolute Gasteiger partial charge is 0.185 e. The number of hydrogen-bond donors (Lipinski definition) is 2. The first-order valence-electron chi connectivity index (χ1n) is 5.02. The molecule has 4 heteroatoms. The fourth-order valence-corrected chi connectivity index (χ4v) is 1.74. The Kier molecular flexibility index (Phi) is 2.76. The number of hydrogen-bond acceptors (Lipinski definition) is 2. The second kappa shape index (κ2) is 4.21. The fourth-order valence-electron chi connectivity index (χ4n) is 1.74. The number of rotatable bonds is 2. The second-order valence-corrected chi connectivity index (χ2v) is 3.75. The molecule has 1 unspecified atom stereocenters. The Balaban J connectivity index is 2.03. The molecule has 1 aliphatic heterocycles. The van der Waals surface area contributed by atoms with Crippen LogP contribution >= 0.6 is 0 Å². The summed E-state index contributed by atoms with van der Waals surface area (Å²) in [5.74, 6) is 1.51. The molecule has 4 N–H and O–H groups in total. The summed E-state index contributed by atoms with van der Waals surface area (Å²) in [7, 11) is 0. The van der Waals surface area contributed by atoms with Gasteiger partial charge in [-0.05, 0) is 18.1 Å². The molecule has 0 spiro atoms. The number of nitrogens with zero attached hydrogens (tertiary/aromatic N) is 1. The van der Waals surface area contributed by atoms with E-state index in [9.17, 15) is 0 Å². The molecular formula is C11H15N3O. The third-order valence-electron chi connectivity index (χ3n) is 2.49. The van der Waals surface area contributed by atoms with Crippen LogP contribution in [0.3, 0.4) is 0 Å². The number of guanidine groups is 1. The van der Waals surface area contributed by atoms with Crippen molar-refractivity contribution in [2.24, 2.45) is 22.4 Å². The first-order chi connectivity index (χ1) is 7.25. The molecule has 15 heavy (non-hydrogen) atoms. The molecule has 0 aromatic heterocycles. The van der Waals surface area contributed by atoms with Crippen LogP contribution in [-0.4, -0.2) is 19.1 Å². The molecule has 0 saturated heterocycles. The first kappa shape index (κ1) is 9.83. The summed E-state index contributed by atoms with van der Waals surface area (Å²) in [4.78, 5) is 4.01. The van der Waals surface area contributed by atoms with Crippen LogP contribution in [0.15, 0.2) is 29.3 Å². The van der Waals surface area contributed by atoms with Gasteiger partial charge in [-0.25, -0.2) is 0 Å². The number of aliphatic imine (C=N–C) groups is 1. The fraction of sp³-hybridized carbons (Fsp3) is 0.364. The average Bonchev–Trinajstić information content (AvgIpc) is 2.26. The van der Waals surface area contributed by atoms with Gasteiger partial charge in [0, 0.05) is 12.5 Å². The summed E-state index contributed by atoms with van der Waals surface area (Å²) < 4.78 is 5.62. The summed E-state index contributed by atoms with van der Waals surface area (Å²) in [6.45, 7) is 1.32. The first-order valence-corrected chi connectivity index (χ1v) is 5.02. The van der Waals surface area contributed by atoms with E-state index < -0.39 is 0 Å². The molecule has 1 heterocycles. The van der Waals surface area contributed by atoms with Gasteiger partial charge in [0.25, 0.3) is 0 Å². The normalized spacial score (nSPS) is 18.8. The standard InChI is InChI=1S/C11H15N3O/c12-11(13)14-6-8-5-9-3-1-2-4-10(9)15-7-8/h1-4,8H,5-7H2,(H4,12,13,14). The van der Waals surface area contributed by atoms with Gasteiger partial charge in [-0.2, -0.15) is 0 Å². The Morgan fingerprint density at radius 1 is 1.40 bits per heavy atom. The maximum atomic E-state index is 5.62. The molecule has 80 valence electrons. The number of benzene rings is 1. The van der Waals surface area contributed by atoms with E-state index in [1.807, 2.05) is 18.2 Å². The van der Waals surface area contributed by atoms with Crippen molar-refractivity contribution in [2.75, 3.05) is 13.2 Å². The Labute approximate surface area is 88.9 Å². The molecule has 0 saturated carbocycles. The van der Waals surface area contributed by atoms with Gasteiger partial charge in [0.1, 0.15) is 5.75 Å². The zero-order valence-corrected chi connectivity index (χ0v) is 8.52. The lowest BCUT2D eigenvalue weighted by atomic mass is 9.97. The lowest BCUT2D eigenvalue weighted by Gasteiger charge is -2.23. The molecule has 0 aliphatic carbocycles. The highest BCUT2D eigenvalue weighted by molar-refractivity contribution is 5.75. The van der Waals surface area contributed by atoms with Crippen LogP contribution in [-0.2, 0) is 6.42 Å². The van der Waals surface area contributed by atoms with E-state index in [1.54, 1.807) is 0 Å². The van der Waals surface area contributed by atoms with Crippen LogP contribution in [0.1, 0.15) is 5.56 Å². The van der Waals surface area contributed by atoms with E-state index in [4.69, 9.17) is 16.2 Å². The third kappa shape index (κ3) is 2.40. The van der Waals surface area contributed by atoms with Crippen molar-refractivity contribution < 1.29 is 4.74 Å². The van der Waals surface area contributed by atoms with Crippen LogP contribution in [0.2, 0.25) is 0 Å². The summed E-state index contributed by atoms with van der Waals surface area (Å²) in [5, 5.41) is 0. The highest BCUT2D eigenvalue weighted by Gasteiger charge is 2.18. The monoisotopic (exact) mass is 205 g/mol. The van der Waals surface area contributed by atoms with Gasteiger partial charge in [-0.1, -0.05) is 18.2 Å². The van der Waals surface area contributed by atoms with Crippen molar-refractivity contribution in [3.05, 3.63) is 29.8 Å². The van der Waals surface area contributed by atoms with Crippen LogP contribution in [0, 0.1) is 5.92 Å². The Morgan fingerprint density at radius 3 is 3.00 bits per heavy atom. The predicted octanol–water partition coefficient (Wildman–Crippen LogP) is 0.511. The summed E-state index contributed by atoms with van der Waals surface area (Å²) >= 11 is 0. The van der Waals surface area contributed by atoms with Crippen molar-refractivity contribution in [1.29, 1.82) is 0 Å². The van der Waals surface area contributed by atoms with Gasteiger partial charge in [0.15, 0.2) is 5.96 Å². The van der Waals surface area contributed by atoms with E-state index in [0.717, 1.165) is 12.2 Å². The lowest BCUT2D eigenvalue weighted by molar-refractivity contribution is 0.226. The molecule has 2 rings (SSSR count). The Morgan fingerprint density at radius 2 is 2.20 bits per heavy atom. The van der Waals surface area contributed by atoms with Gasteiger partial charge in [-0.3, -0.25) is 4.99 Å². The number of nitrogens with two attached hydrogens (primary N) is 2. The molecule has 0 radical (unpaired) electrons. The zero-order chi connectivity index (χ0) is 10.7. The maximum absolute atomic E-state index is 5.62. The largest absolute Gasteiger partial charge is 0.493 e. The number of para-hydroxylation sites is 1. The predicted molar refractivity (Wildman–Crippen MR) is 59.8 cm³/mol. The van der Waals surface area contributed by atoms with E-state index in [2.05, 4.69) is 11.1 Å². The SMILES string of the molecule is NC(N)=NCC1COc2ccccc2C1. The third-order valence-corrected chi connectivity index (χ3v) is 2.49. The Bertz CT molecular complexity index is 372. The molecular weight excluding hydrogens is 190 g/mol. The molecule has 0 fully saturated rings. The molecule has 0 amide bonds. The molecule has 4 nitrogen and oxygen atoms in total.